The second-order valence-electron chi connectivity index (χ2n) is 7.33. The van der Waals surface area contributed by atoms with Crippen molar-refractivity contribution in [1.82, 2.24) is 9.78 Å². The van der Waals surface area contributed by atoms with Crippen LogP contribution < -0.4 is 10.9 Å². The molecule has 0 saturated heterocycles. The molecule has 0 aliphatic rings. The summed E-state index contributed by atoms with van der Waals surface area (Å²) in [5.41, 5.74) is 3.40. The van der Waals surface area contributed by atoms with Crippen LogP contribution in [-0.4, -0.2) is 27.8 Å². The number of hydrogen-bond donors (Lipinski definition) is 1. The number of aromatic nitrogens is 2. The van der Waals surface area contributed by atoms with E-state index in [1.807, 2.05) is 32.9 Å². The summed E-state index contributed by atoms with van der Waals surface area (Å²) < 4.78 is 6.60. The molecule has 1 amide bonds. The molecule has 7 nitrogen and oxygen atoms in total. The van der Waals surface area contributed by atoms with E-state index in [0.29, 0.717) is 23.0 Å². The molecule has 2 aromatic carbocycles. The van der Waals surface area contributed by atoms with E-state index in [9.17, 15) is 14.4 Å². The number of carbonyl (C=O) groups excluding carboxylic acids is 2. The Labute approximate surface area is 174 Å². The number of amides is 1. The zero-order valence-electron chi connectivity index (χ0n) is 17.8. The highest BCUT2D eigenvalue weighted by Gasteiger charge is 2.24. The molecule has 30 heavy (non-hydrogen) atoms. The van der Waals surface area contributed by atoms with Gasteiger partial charge >= 0.3 is 5.97 Å². The minimum absolute atomic E-state index is 0.00870. The van der Waals surface area contributed by atoms with Gasteiger partial charge in [-0.3, -0.25) is 9.59 Å². The summed E-state index contributed by atoms with van der Waals surface area (Å²) in [6, 6.07) is 10.7. The molecule has 3 aromatic rings. The van der Waals surface area contributed by atoms with Crippen molar-refractivity contribution >= 4 is 28.3 Å². The summed E-state index contributed by atoms with van der Waals surface area (Å²) >= 11 is 0. The van der Waals surface area contributed by atoms with E-state index in [2.05, 4.69) is 10.4 Å². The number of anilines is 1. The van der Waals surface area contributed by atoms with Crippen LogP contribution in [0, 0.1) is 20.8 Å². The quantitative estimate of drug-likeness (QED) is 0.654. The van der Waals surface area contributed by atoms with Crippen LogP contribution in [0.5, 0.6) is 0 Å². The van der Waals surface area contributed by atoms with E-state index in [-0.39, 0.29) is 11.3 Å². The van der Waals surface area contributed by atoms with Crippen molar-refractivity contribution in [2.24, 2.45) is 0 Å². The van der Waals surface area contributed by atoms with Gasteiger partial charge < -0.3 is 10.1 Å². The lowest BCUT2D eigenvalue weighted by molar-refractivity contribution is -0.123. The molecule has 0 aliphatic carbocycles. The third-order valence-corrected chi connectivity index (χ3v) is 4.94. The van der Waals surface area contributed by atoms with Gasteiger partial charge in [0, 0.05) is 17.6 Å². The van der Waals surface area contributed by atoms with Gasteiger partial charge in [0.25, 0.3) is 11.5 Å². The van der Waals surface area contributed by atoms with Crippen LogP contribution in [0.2, 0.25) is 0 Å². The molecule has 0 saturated carbocycles. The van der Waals surface area contributed by atoms with Gasteiger partial charge in [0.15, 0.2) is 11.8 Å². The number of rotatable bonds is 5. The third kappa shape index (κ3) is 4.10. The SMILES string of the molecule is CCn1nc(C(=O)O[C@H](C)C(=O)Nc2c(C)cc(C)cc2C)c2ccccc2c1=O. The van der Waals surface area contributed by atoms with E-state index in [1.165, 1.54) is 11.6 Å². The van der Waals surface area contributed by atoms with Crippen molar-refractivity contribution in [3.05, 3.63) is 69.1 Å². The van der Waals surface area contributed by atoms with E-state index < -0.39 is 18.0 Å². The molecule has 0 radical (unpaired) electrons. The van der Waals surface area contributed by atoms with Gasteiger partial charge in [-0.1, -0.05) is 35.9 Å². The fraction of sp³-hybridized carbons (Fsp3) is 0.304. The minimum Gasteiger partial charge on any atom is -0.448 e. The highest BCUT2D eigenvalue weighted by molar-refractivity contribution is 6.04. The van der Waals surface area contributed by atoms with Gasteiger partial charge in [0.05, 0.1) is 5.39 Å². The fourth-order valence-electron chi connectivity index (χ4n) is 3.47. The molecule has 0 unspecified atom stereocenters. The van der Waals surface area contributed by atoms with Crippen LogP contribution in [0.1, 0.15) is 41.0 Å². The van der Waals surface area contributed by atoms with Crippen molar-refractivity contribution in [3.8, 4) is 0 Å². The van der Waals surface area contributed by atoms with Crippen molar-refractivity contribution < 1.29 is 14.3 Å². The molecule has 7 heteroatoms. The first-order chi connectivity index (χ1) is 14.2. The highest BCUT2D eigenvalue weighted by Crippen LogP contribution is 2.22. The Hall–Kier alpha value is -3.48. The van der Waals surface area contributed by atoms with E-state index >= 15 is 0 Å². The van der Waals surface area contributed by atoms with Crippen LogP contribution in [0.25, 0.3) is 10.8 Å². The van der Waals surface area contributed by atoms with Crippen LogP contribution in [0.3, 0.4) is 0 Å². The Morgan fingerprint density at radius 3 is 2.30 bits per heavy atom. The topological polar surface area (TPSA) is 90.3 Å². The van der Waals surface area contributed by atoms with E-state index in [1.54, 1.807) is 31.2 Å². The monoisotopic (exact) mass is 407 g/mol. The molecule has 1 atom stereocenters. The minimum atomic E-state index is -1.04. The molecule has 1 aromatic heterocycles. The maximum Gasteiger partial charge on any atom is 0.360 e. The van der Waals surface area contributed by atoms with Crippen molar-refractivity contribution in [1.29, 1.82) is 0 Å². The van der Waals surface area contributed by atoms with Gasteiger partial charge in [0.2, 0.25) is 0 Å². The van der Waals surface area contributed by atoms with Crippen molar-refractivity contribution in [2.75, 3.05) is 5.32 Å². The predicted molar refractivity (Wildman–Crippen MR) is 116 cm³/mol. The zero-order valence-corrected chi connectivity index (χ0v) is 17.8. The predicted octanol–water partition coefficient (Wildman–Crippen LogP) is 3.53. The second kappa shape index (κ2) is 8.49. The molecule has 1 N–H and O–H groups in total. The number of hydrogen-bond acceptors (Lipinski definition) is 5. The van der Waals surface area contributed by atoms with Crippen molar-refractivity contribution in [3.63, 3.8) is 0 Å². The van der Waals surface area contributed by atoms with E-state index in [4.69, 9.17) is 4.74 Å². The first-order valence-corrected chi connectivity index (χ1v) is 9.82. The lowest BCUT2D eigenvalue weighted by Crippen LogP contribution is -2.32. The maximum atomic E-state index is 12.8. The van der Waals surface area contributed by atoms with Gasteiger partial charge in [-0.15, -0.1) is 0 Å². The highest BCUT2D eigenvalue weighted by atomic mass is 16.5. The largest absolute Gasteiger partial charge is 0.448 e. The fourth-order valence-corrected chi connectivity index (χ4v) is 3.47. The van der Waals surface area contributed by atoms with Crippen molar-refractivity contribution in [2.45, 2.75) is 47.3 Å². The number of ether oxygens (including phenoxy) is 1. The van der Waals surface area contributed by atoms with Crippen LogP contribution in [0.4, 0.5) is 5.69 Å². The molecular weight excluding hydrogens is 382 g/mol. The first-order valence-electron chi connectivity index (χ1n) is 9.82. The number of benzene rings is 2. The smallest absolute Gasteiger partial charge is 0.360 e. The Morgan fingerprint density at radius 1 is 1.10 bits per heavy atom. The summed E-state index contributed by atoms with van der Waals surface area (Å²) in [4.78, 5) is 37.9. The van der Waals surface area contributed by atoms with Gasteiger partial charge in [0.1, 0.15) is 0 Å². The molecule has 156 valence electrons. The number of esters is 1. The van der Waals surface area contributed by atoms with E-state index in [0.717, 1.165) is 16.7 Å². The Balaban J connectivity index is 1.85. The molecule has 1 heterocycles. The number of fused-ring (bicyclic) bond motifs is 1. The lowest BCUT2D eigenvalue weighted by atomic mass is 10.0. The maximum absolute atomic E-state index is 12.8. The molecule has 3 rings (SSSR count). The standard InChI is InChI=1S/C23H25N3O4/c1-6-26-22(28)18-10-8-7-9-17(18)20(25-26)23(29)30-16(5)21(27)24-19-14(3)11-13(2)12-15(19)4/h7-12,16H,6H2,1-5H3,(H,24,27)/t16-/m1/s1. The lowest BCUT2D eigenvalue weighted by Gasteiger charge is -2.17. The van der Waals surface area contributed by atoms with Crippen LogP contribution in [0.15, 0.2) is 41.2 Å². The van der Waals surface area contributed by atoms with Crippen LogP contribution >= 0.6 is 0 Å². The number of nitrogens with zero attached hydrogens (tertiary/aromatic N) is 2. The summed E-state index contributed by atoms with van der Waals surface area (Å²) in [6.45, 7) is 9.40. The third-order valence-electron chi connectivity index (χ3n) is 4.94. The second-order valence-corrected chi connectivity index (χ2v) is 7.33. The van der Waals surface area contributed by atoms with Crippen LogP contribution in [-0.2, 0) is 16.1 Å². The summed E-state index contributed by atoms with van der Waals surface area (Å²) in [5, 5.41) is 7.77. The van der Waals surface area contributed by atoms with Gasteiger partial charge in [-0.25, -0.2) is 9.48 Å². The molecule has 0 fully saturated rings. The normalized spacial score (nSPS) is 11.9. The molecule has 0 spiro atoms. The van der Waals surface area contributed by atoms with Gasteiger partial charge in [-0.05, 0) is 51.8 Å². The Kier molecular flexibility index (Phi) is 6.01. The average molecular weight is 407 g/mol. The molecular formula is C23H25N3O4. The Bertz CT molecular complexity index is 1170. The summed E-state index contributed by atoms with van der Waals surface area (Å²) in [5.74, 6) is -1.19. The average Bonchev–Trinajstić information content (AvgIpc) is 2.70. The van der Waals surface area contributed by atoms with Gasteiger partial charge in [-0.2, -0.15) is 5.10 Å². The zero-order chi connectivity index (χ0) is 22.0. The number of carbonyl (C=O) groups is 2. The summed E-state index contributed by atoms with van der Waals surface area (Å²) in [6.07, 6.45) is -1.04. The Morgan fingerprint density at radius 2 is 1.70 bits per heavy atom. The first kappa shape index (κ1) is 21.2. The molecule has 0 bridgehead atoms. The summed E-state index contributed by atoms with van der Waals surface area (Å²) in [7, 11) is 0. The number of nitrogens with one attached hydrogen (secondary N) is 1. The molecule has 0 aliphatic heterocycles. The number of aryl methyl sites for hydroxylation is 4.